The van der Waals surface area contributed by atoms with E-state index in [0.29, 0.717) is 0 Å². The third-order valence-electron chi connectivity index (χ3n) is 4.59. The Morgan fingerprint density at radius 2 is 1.88 bits per heavy atom. The lowest BCUT2D eigenvalue weighted by Gasteiger charge is -2.06. The fourth-order valence-corrected chi connectivity index (χ4v) is 4.23. The molecule has 26 heavy (non-hydrogen) atoms. The van der Waals surface area contributed by atoms with Crippen molar-refractivity contribution in [1.82, 2.24) is 10.3 Å². The van der Waals surface area contributed by atoms with Gasteiger partial charge in [-0.3, -0.25) is 0 Å². The van der Waals surface area contributed by atoms with Crippen LogP contribution < -0.4 is 10.6 Å². The molecule has 0 atom stereocenters. The van der Waals surface area contributed by atoms with E-state index in [4.69, 9.17) is 4.98 Å². The topological polar surface area (TPSA) is 54.0 Å². The van der Waals surface area contributed by atoms with E-state index in [1.807, 2.05) is 30.5 Å². The van der Waals surface area contributed by atoms with Crippen LogP contribution in [-0.4, -0.2) is 11.0 Å². The summed E-state index contributed by atoms with van der Waals surface area (Å²) in [4.78, 5) is 16.7. The molecule has 2 N–H and O–H groups in total. The van der Waals surface area contributed by atoms with Gasteiger partial charge in [0, 0.05) is 17.5 Å². The van der Waals surface area contributed by atoms with E-state index < -0.39 is 0 Å². The molecule has 2 aromatic carbocycles. The first-order valence-electron chi connectivity index (χ1n) is 8.90. The van der Waals surface area contributed by atoms with Crippen LogP contribution in [0.5, 0.6) is 0 Å². The first-order chi connectivity index (χ1) is 12.7. The molecule has 0 aliphatic heterocycles. The quantitative estimate of drug-likeness (QED) is 0.613. The zero-order chi connectivity index (χ0) is 17.9. The maximum atomic E-state index is 12.0. The molecular weight excluding hydrogens is 342 g/mol. The van der Waals surface area contributed by atoms with Gasteiger partial charge in [-0.25, -0.2) is 9.78 Å². The normalized spacial score (nSPS) is 13.8. The number of carbonyl (C=O) groups is 1. The Morgan fingerprint density at radius 1 is 1.12 bits per heavy atom. The summed E-state index contributed by atoms with van der Waals surface area (Å²) in [5.74, 6) is 0. The van der Waals surface area contributed by atoms with Gasteiger partial charge in [0.25, 0.3) is 0 Å². The molecule has 4 nitrogen and oxygen atoms in total. The lowest BCUT2D eigenvalue weighted by molar-refractivity contribution is 0.255. The van der Waals surface area contributed by atoms with Gasteiger partial charge >= 0.3 is 6.03 Å². The van der Waals surface area contributed by atoms with Crippen LogP contribution in [0.25, 0.3) is 20.8 Å². The molecule has 1 heterocycles. The number of allylic oxidation sites excluding steroid dienone is 1. The van der Waals surface area contributed by atoms with E-state index in [1.54, 1.807) is 11.3 Å². The SMILES string of the molecule is Cc1ccc2nc(-c3ccc(NC(=O)NC=C4CCCC4)cc3)sc2c1. The number of benzene rings is 2. The summed E-state index contributed by atoms with van der Waals surface area (Å²) in [6, 6.07) is 13.9. The van der Waals surface area contributed by atoms with E-state index in [1.165, 1.54) is 28.7 Å². The Kier molecular flexibility index (Phi) is 4.71. The zero-order valence-corrected chi connectivity index (χ0v) is 15.5. The minimum absolute atomic E-state index is 0.201. The molecule has 0 radical (unpaired) electrons. The number of carbonyl (C=O) groups excluding carboxylic acids is 1. The number of hydrogen-bond donors (Lipinski definition) is 2. The highest BCUT2D eigenvalue weighted by atomic mass is 32.1. The predicted molar refractivity (Wildman–Crippen MR) is 108 cm³/mol. The van der Waals surface area contributed by atoms with Crippen molar-refractivity contribution in [3.63, 3.8) is 0 Å². The van der Waals surface area contributed by atoms with Crippen LogP contribution in [0, 0.1) is 6.92 Å². The number of fused-ring (bicyclic) bond motifs is 1. The minimum Gasteiger partial charge on any atom is -0.314 e. The molecule has 0 unspecified atom stereocenters. The number of urea groups is 1. The van der Waals surface area contributed by atoms with Gasteiger partial charge in [-0.2, -0.15) is 0 Å². The second-order valence-corrected chi connectivity index (χ2v) is 7.71. The van der Waals surface area contributed by atoms with Crippen LogP contribution >= 0.6 is 11.3 Å². The fourth-order valence-electron chi connectivity index (χ4n) is 3.16. The second-order valence-electron chi connectivity index (χ2n) is 6.68. The van der Waals surface area contributed by atoms with Crippen molar-refractivity contribution in [1.29, 1.82) is 0 Å². The molecule has 0 saturated heterocycles. The van der Waals surface area contributed by atoms with Crippen LogP contribution in [0.4, 0.5) is 10.5 Å². The third kappa shape index (κ3) is 3.78. The van der Waals surface area contributed by atoms with Gasteiger partial charge in [-0.05, 0) is 74.6 Å². The molecule has 0 bridgehead atoms. The highest BCUT2D eigenvalue weighted by molar-refractivity contribution is 7.21. The molecule has 4 rings (SSSR count). The summed E-state index contributed by atoms with van der Waals surface area (Å²) in [5.41, 5.74) is 5.42. The molecule has 132 valence electrons. The molecule has 1 saturated carbocycles. The number of rotatable bonds is 3. The first kappa shape index (κ1) is 16.8. The van der Waals surface area contributed by atoms with Crippen molar-refractivity contribution in [3.8, 4) is 10.6 Å². The first-order valence-corrected chi connectivity index (χ1v) is 9.72. The Bertz CT molecular complexity index is 965. The molecule has 2 amide bonds. The van der Waals surface area contributed by atoms with E-state index in [0.717, 1.165) is 34.6 Å². The van der Waals surface area contributed by atoms with Crippen LogP contribution in [0.1, 0.15) is 31.2 Å². The van der Waals surface area contributed by atoms with Gasteiger partial charge < -0.3 is 10.6 Å². The van der Waals surface area contributed by atoms with Gasteiger partial charge in [0.1, 0.15) is 5.01 Å². The monoisotopic (exact) mass is 363 g/mol. The summed E-state index contributed by atoms with van der Waals surface area (Å²) in [6.45, 7) is 2.09. The van der Waals surface area contributed by atoms with Crippen molar-refractivity contribution in [2.24, 2.45) is 0 Å². The smallest absolute Gasteiger partial charge is 0.314 e. The van der Waals surface area contributed by atoms with Crippen LogP contribution in [0.2, 0.25) is 0 Å². The maximum absolute atomic E-state index is 12.0. The van der Waals surface area contributed by atoms with Gasteiger partial charge in [0.15, 0.2) is 0 Å². The van der Waals surface area contributed by atoms with Crippen LogP contribution in [0.15, 0.2) is 54.2 Å². The van der Waals surface area contributed by atoms with Crippen molar-refractivity contribution < 1.29 is 4.79 Å². The fraction of sp³-hybridized carbons (Fsp3) is 0.238. The molecule has 3 aromatic rings. The van der Waals surface area contributed by atoms with Gasteiger partial charge in [-0.1, -0.05) is 11.6 Å². The van der Waals surface area contributed by atoms with Crippen molar-refractivity contribution in [3.05, 3.63) is 59.8 Å². The zero-order valence-electron chi connectivity index (χ0n) is 14.7. The maximum Gasteiger partial charge on any atom is 0.323 e. The lowest BCUT2D eigenvalue weighted by Crippen LogP contribution is -2.24. The summed E-state index contributed by atoms with van der Waals surface area (Å²) < 4.78 is 1.20. The van der Waals surface area contributed by atoms with Crippen molar-refractivity contribution in [2.45, 2.75) is 32.6 Å². The summed E-state index contributed by atoms with van der Waals surface area (Å²) in [7, 11) is 0. The molecular formula is C21H21N3OS. The average Bonchev–Trinajstić information content (AvgIpc) is 3.29. The largest absolute Gasteiger partial charge is 0.323 e. The summed E-state index contributed by atoms with van der Waals surface area (Å²) in [6.07, 6.45) is 6.48. The standard InChI is InChI=1S/C21H21N3OS/c1-14-6-11-18-19(12-14)26-20(24-18)16-7-9-17(10-8-16)23-21(25)22-13-15-4-2-3-5-15/h6-13H,2-5H2,1H3,(H2,22,23,25). The number of amides is 2. The predicted octanol–water partition coefficient (Wildman–Crippen LogP) is 5.85. The van der Waals surface area contributed by atoms with Crippen LogP contribution in [0.3, 0.4) is 0 Å². The Hall–Kier alpha value is -2.66. The molecule has 5 heteroatoms. The number of thiazole rings is 1. The highest BCUT2D eigenvalue weighted by Gasteiger charge is 2.09. The van der Waals surface area contributed by atoms with Gasteiger partial charge in [0.05, 0.1) is 10.2 Å². The molecule has 1 aliphatic rings. The molecule has 1 aliphatic carbocycles. The second kappa shape index (κ2) is 7.30. The van der Waals surface area contributed by atoms with E-state index >= 15 is 0 Å². The number of aromatic nitrogens is 1. The summed E-state index contributed by atoms with van der Waals surface area (Å²) in [5, 5.41) is 6.68. The number of hydrogen-bond acceptors (Lipinski definition) is 3. The Labute approximate surface area is 157 Å². The number of nitrogens with one attached hydrogen (secondary N) is 2. The Morgan fingerprint density at radius 3 is 2.65 bits per heavy atom. The van der Waals surface area contributed by atoms with Gasteiger partial charge in [0.2, 0.25) is 0 Å². The van der Waals surface area contributed by atoms with Crippen molar-refractivity contribution in [2.75, 3.05) is 5.32 Å². The number of anilines is 1. The molecule has 1 aromatic heterocycles. The molecule has 0 spiro atoms. The van der Waals surface area contributed by atoms with E-state index in [2.05, 4.69) is 35.8 Å². The van der Waals surface area contributed by atoms with Crippen LogP contribution in [-0.2, 0) is 0 Å². The van der Waals surface area contributed by atoms with Crippen molar-refractivity contribution >= 4 is 33.3 Å². The number of aryl methyl sites for hydroxylation is 1. The molecule has 1 fully saturated rings. The summed E-state index contributed by atoms with van der Waals surface area (Å²) >= 11 is 1.69. The van der Waals surface area contributed by atoms with E-state index in [9.17, 15) is 4.79 Å². The van der Waals surface area contributed by atoms with E-state index in [-0.39, 0.29) is 6.03 Å². The third-order valence-corrected chi connectivity index (χ3v) is 5.65. The number of nitrogens with zero attached hydrogens (tertiary/aromatic N) is 1. The van der Waals surface area contributed by atoms with Gasteiger partial charge in [-0.15, -0.1) is 11.3 Å². The Balaban J connectivity index is 1.44. The average molecular weight is 363 g/mol. The lowest BCUT2D eigenvalue weighted by atomic mass is 10.2. The minimum atomic E-state index is -0.201. The highest BCUT2D eigenvalue weighted by Crippen LogP contribution is 2.31.